The van der Waals surface area contributed by atoms with Gasteiger partial charge in [-0.1, -0.05) is 30.3 Å². The second kappa shape index (κ2) is 10.2. The third-order valence-electron chi connectivity index (χ3n) is 6.12. The number of rotatable bonds is 7. The standard InChI is InChI=1S/C23H35N3O3/c1-18(27)25-14-11-20(12-15-25)29-21-16-22(23(28)24(2)3)26(17-21)13-7-10-19-8-5-4-6-9-19/h4-6,8-9,20-22H,7,10-17H2,1-3H3/t21-,22-/m0/s1. The van der Waals surface area contributed by atoms with Crippen LogP contribution in [-0.2, 0) is 20.7 Å². The molecule has 2 atom stereocenters. The lowest BCUT2D eigenvalue weighted by Gasteiger charge is -2.32. The van der Waals surface area contributed by atoms with Gasteiger partial charge in [-0.2, -0.15) is 0 Å². The number of benzene rings is 1. The molecule has 0 bridgehead atoms. The van der Waals surface area contributed by atoms with Gasteiger partial charge >= 0.3 is 0 Å². The van der Waals surface area contributed by atoms with Crippen LogP contribution in [0.25, 0.3) is 0 Å². The van der Waals surface area contributed by atoms with Gasteiger partial charge in [0.15, 0.2) is 0 Å². The number of amides is 2. The molecule has 2 aliphatic rings. The van der Waals surface area contributed by atoms with Gasteiger partial charge in [-0.25, -0.2) is 0 Å². The molecule has 29 heavy (non-hydrogen) atoms. The van der Waals surface area contributed by atoms with Crippen LogP contribution in [0.4, 0.5) is 0 Å². The first kappa shape index (κ1) is 21.8. The highest BCUT2D eigenvalue weighted by Gasteiger charge is 2.39. The minimum atomic E-state index is -0.0944. The second-order valence-electron chi connectivity index (χ2n) is 8.53. The molecule has 1 aromatic carbocycles. The van der Waals surface area contributed by atoms with Crippen molar-refractivity contribution in [2.75, 3.05) is 40.3 Å². The Morgan fingerprint density at radius 2 is 1.79 bits per heavy atom. The second-order valence-corrected chi connectivity index (χ2v) is 8.53. The molecule has 2 aliphatic heterocycles. The minimum Gasteiger partial charge on any atom is -0.373 e. The fourth-order valence-electron chi connectivity index (χ4n) is 4.47. The maximum Gasteiger partial charge on any atom is 0.239 e. The molecule has 0 radical (unpaired) electrons. The number of ether oxygens (including phenoxy) is 1. The van der Waals surface area contributed by atoms with Gasteiger partial charge in [0.2, 0.25) is 11.8 Å². The Morgan fingerprint density at radius 3 is 2.41 bits per heavy atom. The first-order valence-electron chi connectivity index (χ1n) is 10.8. The summed E-state index contributed by atoms with van der Waals surface area (Å²) in [5, 5.41) is 0. The van der Waals surface area contributed by atoms with Crippen molar-refractivity contribution in [3.05, 3.63) is 35.9 Å². The predicted molar refractivity (Wildman–Crippen MR) is 114 cm³/mol. The Bertz CT molecular complexity index is 671. The Morgan fingerprint density at radius 1 is 1.10 bits per heavy atom. The van der Waals surface area contributed by atoms with Gasteiger partial charge in [0.05, 0.1) is 18.2 Å². The van der Waals surface area contributed by atoms with Gasteiger partial charge < -0.3 is 14.5 Å². The number of hydrogen-bond donors (Lipinski definition) is 0. The van der Waals surface area contributed by atoms with E-state index in [4.69, 9.17) is 4.74 Å². The lowest BCUT2D eigenvalue weighted by atomic mass is 10.1. The van der Waals surface area contributed by atoms with E-state index in [1.807, 2.05) is 25.1 Å². The number of aryl methyl sites for hydroxylation is 1. The van der Waals surface area contributed by atoms with Crippen molar-refractivity contribution in [1.82, 2.24) is 14.7 Å². The highest BCUT2D eigenvalue weighted by Crippen LogP contribution is 2.26. The van der Waals surface area contributed by atoms with Crippen LogP contribution in [0.15, 0.2) is 30.3 Å². The zero-order valence-corrected chi connectivity index (χ0v) is 18.0. The number of hydrogen-bond acceptors (Lipinski definition) is 4. The predicted octanol–water partition coefficient (Wildman–Crippen LogP) is 2.18. The van der Waals surface area contributed by atoms with E-state index in [2.05, 4.69) is 29.2 Å². The number of nitrogens with zero attached hydrogens (tertiary/aromatic N) is 3. The summed E-state index contributed by atoms with van der Waals surface area (Å²) in [5.41, 5.74) is 1.34. The lowest BCUT2D eigenvalue weighted by molar-refractivity contribution is -0.134. The monoisotopic (exact) mass is 401 g/mol. The van der Waals surface area contributed by atoms with Crippen molar-refractivity contribution < 1.29 is 14.3 Å². The summed E-state index contributed by atoms with van der Waals surface area (Å²) in [5.74, 6) is 0.313. The summed E-state index contributed by atoms with van der Waals surface area (Å²) in [6, 6.07) is 10.4. The summed E-state index contributed by atoms with van der Waals surface area (Å²) in [6.45, 7) is 4.89. The average molecular weight is 402 g/mol. The fourth-order valence-corrected chi connectivity index (χ4v) is 4.47. The molecule has 2 fully saturated rings. The minimum absolute atomic E-state index is 0.0921. The maximum absolute atomic E-state index is 12.7. The zero-order chi connectivity index (χ0) is 20.8. The van der Waals surface area contributed by atoms with E-state index in [0.29, 0.717) is 0 Å². The summed E-state index contributed by atoms with van der Waals surface area (Å²) >= 11 is 0. The lowest BCUT2D eigenvalue weighted by Crippen LogP contribution is -2.43. The van der Waals surface area contributed by atoms with Crippen LogP contribution in [0.2, 0.25) is 0 Å². The normalized spacial score (nSPS) is 23.3. The number of likely N-dealkylation sites (N-methyl/N-ethyl adjacent to an activating group) is 1. The maximum atomic E-state index is 12.7. The van der Waals surface area contributed by atoms with E-state index < -0.39 is 0 Å². The van der Waals surface area contributed by atoms with Crippen molar-refractivity contribution in [2.45, 2.75) is 57.3 Å². The van der Waals surface area contributed by atoms with Crippen molar-refractivity contribution in [3.63, 3.8) is 0 Å². The molecule has 0 unspecified atom stereocenters. The Kier molecular flexibility index (Phi) is 7.67. The van der Waals surface area contributed by atoms with Crippen molar-refractivity contribution in [1.29, 1.82) is 0 Å². The van der Waals surface area contributed by atoms with Gasteiger partial charge in [-0.05, 0) is 44.2 Å². The third kappa shape index (κ3) is 6.03. The molecule has 6 nitrogen and oxygen atoms in total. The highest BCUT2D eigenvalue weighted by molar-refractivity contribution is 5.81. The number of piperidine rings is 1. The number of carbonyl (C=O) groups excluding carboxylic acids is 2. The Labute approximate surface area is 174 Å². The molecular formula is C23H35N3O3. The molecule has 0 spiro atoms. The average Bonchev–Trinajstić information content (AvgIpc) is 3.11. The molecule has 0 saturated carbocycles. The van der Waals surface area contributed by atoms with E-state index in [1.54, 1.807) is 11.8 Å². The molecule has 1 aromatic rings. The molecule has 2 amide bonds. The van der Waals surface area contributed by atoms with Crippen molar-refractivity contribution in [2.24, 2.45) is 0 Å². The summed E-state index contributed by atoms with van der Waals surface area (Å²) < 4.78 is 6.38. The third-order valence-corrected chi connectivity index (χ3v) is 6.12. The topological polar surface area (TPSA) is 53.1 Å². The van der Waals surface area contributed by atoms with Gasteiger partial charge in [0.1, 0.15) is 0 Å². The van der Waals surface area contributed by atoms with Crippen LogP contribution in [-0.4, -0.2) is 85.0 Å². The van der Waals surface area contributed by atoms with Gasteiger partial charge in [0.25, 0.3) is 0 Å². The van der Waals surface area contributed by atoms with Crippen LogP contribution >= 0.6 is 0 Å². The molecule has 2 saturated heterocycles. The van der Waals surface area contributed by atoms with Gasteiger partial charge in [-0.3, -0.25) is 14.5 Å². The summed E-state index contributed by atoms with van der Waals surface area (Å²) in [4.78, 5) is 30.1. The molecule has 2 heterocycles. The summed E-state index contributed by atoms with van der Waals surface area (Å²) in [6.07, 6.45) is 4.87. The first-order chi connectivity index (χ1) is 13.9. The van der Waals surface area contributed by atoms with E-state index >= 15 is 0 Å². The smallest absolute Gasteiger partial charge is 0.239 e. The van der Waals surface area contributed by atoms with Crippen LogP contribution < -0.4 is 0 Å². The van der Waals surface area contributed by atoms with Crippen LogP contribution in [0.3, 0.4) is 0 Å². The Hall–Kier alpha value is -1.92. The first-order valence-corrected chi connectivity index (χ1v) is 10.8. The highest BCUT2D eigenvalue weighted by atomic mass is 16.5. The fraction of sp³-hybridized carbons (Fsp3) is 0.652. The molecule has 160 valence electrons. The van der Waals surface area contributed by atoms with Crippen molar-refractivity contribution in [3.8, 4) is 0 Å². The summed E-state index contributed by atoms with van der Waals surface area (Å²) in [7, 11) is 3.66. The van der Waals surface area contributed by atoms with E-state index in [9.17, 15) is 9.59 Å². The molecule has 6 heteroatoms. The van der Waals surface area contributed by atoms with Gasteiger partial charge in [-0.15, -0.1) is 0 Å². The van der Waals surface area contributed by atoms with Crippen LogP contribution in [0.5, 0.6) is 0 Å². The molecule has 0 N–H and O–H groups in total. The van der Waals surface area contributed by atoms with E-state index in [-0.39, 0.29) is 30.1 Å². The SMILES string of the molecule is CC(=O)N1CCC(O[C@H]2C[C@@H](C(=O)N(C)C)N(CCCc3ccccc3)C2)CC1. The molecule has 0 aromatic heterocycles. The molecule has 0 aliphatic carbocycles. The van der Waals surface area contributed by atoms with E-state index in [1.165, 1.54) is 5.56 Å². The van der Waals surface area contributed by atoms with E-state index in [0.717, 1.165) is 58.3 Å². The van der Waals surface area contributed by atoms with Gasteiger partial charge in [0, 0.05) is 40.7 Å². The molecular weight excluding hydrogens is 366 g/mol. The largest absolute Gasteiger partial charge is 0.373 e. The number of likely N-dealkylation sites (tertiary alicyclic amines) is 2. The van der Waals surface area contributed by atoms with Crippen LogP contribution in [0.1, 0.15) is 38.2 Å². The van der Waals surface area contributed by atoms with Crippen molar-refractivity contribution >= 4 is 11.8 Å². The molecule has 3 rings (SSSR count). The quantitative estimate of drug-likeness (QED) is 0.703. The Balaban J connectivity index is 1.52. The number of carbonyl (C=O) groups is 2. The zero-order valence-electron chi connectivity index (χ0n) is 18.0. The van der Waals surface area contributed by atoms with Crippen LogP contribution in [0, 0.1) is 0 Å².